The highest BCUT2D eigenvalue weighted by Gasteiger charge is 2.20. The van der Waals surface area contributed by atoms with Crippen LogP contribution < -0.4 is 4.74 Å². The third kappa shape index (κ3) is 13.3. The Morgan fingerprint density at radius 2 is 1.13 bits per heavy atom. The predicted octanol–water partition coefficient (Wildman–Crippen LogP) is 11.2. The molecule has 1 aliphatic rings. The van der Waals surface area contributed by atoms with Crippen LogP contribution in [0.25, 0.3) is 11.4 Å². The first-order valence-electron chi connectivity index (χ1n) is 16.8. The zero-order valence-corrected chi connectivity index (χ0v) is 25.5. The third-order valence-corrected chi connectivity index (χ3v) is 8.84. The molecule has 0 aliphatic heterocycles. The zero-order valence-electron chi connectivity index (χ0n) is 25.5. The molecule has 0 saturated heterocycles. The maximum Gasteiger partial charge on any atom is 0.159 e. The van der Waals surface area contributed by atoms with Crippen molar-refractivity contribution in [3.63, 3.8) is 0 Å². The van der Waals surface area contributed by atoms with Crippen molar-refractivity contribution in [1.29, 1.82) is 0 Å². The van der Waals surface area contributed by atoms with E-state index < -0.39 is 0 Å². The van der Waals surface area contributed by atoms with Gasteiger partial charge in [0.05, 0.1) is 6.61 Å². The number of unbranched alkanes of at least 4 members (excludes halogenated alkanes) is 11. The number of aryl methyl sites for hydroxylation is 1. The Labute approximate surface area is 241 Å². The molecule has 3 rings (SSSR count). The summed E-state index contributed by atoms with van der Waals surface area (Å²) in [5, 5.41) is 0. The molecule has 39 heavy (non-hydrogen) atoms. The topological polar surface area (TPSA) is 35.0 Å². The van der Waals surface area contributed by atoms with E-state index in [2.05, 4.69) is 48.1 Å². The quantitative estimate of drug-likeness (QED) is 0.149. The monoisotopic (exact) mass is 534 g/mol. The van der Waals surface area contributed by atoms with Gasteiger partial charge in [0.2, 0.25) is 0 Å². The van der Waals surface area contributed by atoms with Crippen molar-refractivity contribution in [2.24, 2.45) is 11.8 Å². The van der Waals surface area contributed by atoms with E-state index in [0.717, 1.165) is 48.4 Å². The standard InChI is InChI=1S/C36H58N2O/c1-3-5-7-9-11-13-14-17-31-20-22-32(23-21-31)19-16-28-39-35-26-24-34(25-27-35)36-37-29-33(30-38-36)18-15-12-10-8-6-4-2/h24-27,29-32H,3-23,28H2,1-2H3. The number of nitrogens with zero attached hydrogens (tertiary/aromatic N) is 2. The van der Waals surface area contributed by atoms with Gasteiger partial charge in [-0.1, -0.05) is 123 Å². The van der Waals surface area contributed by atoms with E-state index in [9.17, 15) is 0 Å². The Morgan fingerprint density at radius 1 is 0.615 bits per heavy atom. The van der Waals surface area contributed by atoms with Gasteiger partial charge >= 0.3 is 0 Å². The number of hydrogen-bond acceptors (Lipinski definition) is 3. The van der Waals surface area contributed by atoms with E-state index in [4.69, 9.17) is 4.74 Å². The second-order valence-electron chi connectivity index (χ2n) is 12.2. The summed E-state index contributed by atoms with van der Waals surface area (Å²) in [6, 6.07) is 8.31. The minimum absolute atomic E-state index is 0.802. The van der Waals surface area contributed by atoms with Gasteiger partial charge in [-0.3, -0.25) is 0 Å². The molecule has 0 atom stereocenters. The second kappa shape index (κ2) is 20.0. The number of ether oxygens (including phenoxy) is 1. The van der Waals surface area contributed by atoms with Crippen LogP contribution in [0.15, 0.2) is 36.7 Å². The molecule has 0 bridgehead atoms. The molecule has 0 radical (unpaired) electrons. The second-order valence-corrected chi connectivity index (χ2v) is 12.2. The Kier molecular flexibility index (Phi) is 16.3. The molecular weight excluding hydrogens is 476 g/mol. The van der Waals surface area contributed by atoms with Gasteiger partial charge in [0, 0.05) is 18.0 Å². The van der Waals surface area contributed by atoms with Gasteiger partial charge in [-0.25, -0.2) is 9.97 Å². The molecule has 1 saturated carbocycles. The van der Waals surface area contributed by atoms with Gasteiger partial charge in [-0.05, 0) is 67.3 Å². The minimum Gasteiger partial charge on any atom is -0.494 e. The number of hydrogen-bond donors (Lipinski definition) is 0. The summed E-state index contributed by atoms with van der Waals surface area (Å²) in [4.78, 5) is 9.24. The summed E-state index contributed by atoms with van der Waals surface area (Å²) in [5.74, 6) is 3.68. The van der Waals surface area contributed by atoms with Crippen LogP contribution in [-0.2, 0) is 6.42 Å². The molecule has 1 heterocycles. The maximum absolute atomic E-state index is 6.07. The molecular formula is C36H58N2O. The first-order valence-corrected chi connectivity index (χ1v) is 16.8. The van der Waals surface area contributed by atoms with Gasteiger partial charge in [0.1, 0.15) is 5.75 Å². The normalized spacial score (nSPS) is 17.4. The molecule has 0 N–H and O–H groups in total. The Hall–Kier alpha value is -1.90. The first-order chi connectivity index (χ1) is 19.3. The van der Waals surface area contributed by atoms with Crippen LogP contribution in [-0.4, -0.2) is 16.6 Å². The molecule has 1 aliphatic carbocycles. The Morgan fingerprint density at radius 3 is 1.72 bits per heavy atom. The number of rotatable bonds is 21. The van der Waals surface area contributed by atoms with Gasteiger partial charge in [-0.15, -0.1) is 0 Å². The summed E-state index contributed by atoms with van der Waals surface area (Å²) >= 11 is 0. The third-order valence-electron chi connectivity index (χ3n) is 8.84. The van der Waals surface area contributed by atoms with Crippen molar-refractivity contribution < 1.29 is 4.74 Å². The largest absolute Gasteiger partial charge is 0.494 e. The lowest BCUT2D eigenvalue weighted by atomic mass is 9.78. The molecule has 1 aromatic heterocycles. The van der Waals surface area contributed by atoms with E-state index in [1.165, 1.54) is 128 Å². The summed E-state index contributed by atoms with van der Waals surface area (Å²) in [6.07, 6.45) is 32.8. The molecule has 0 amide bonds. The van der Waals surface area contributed by atoms with Gasteiger partial charge in [-0.2, -0.15) is 0 Å². The molecule has 0 unspecified atom stereocenters. The smallest absolute Gasteiger partial charge is 0.159 e. The fraction of sp³-hybridized carbons (Fsp3) is 0.722. The molecule has 1 fully saturated rings. The van der Waals surface area contributed by atoms with E-state index in [-0.39, 0.29) is 0 Å². The highest BCUT2D eigenvalue weighted by atomic mass is 16.5. The van der Waals surface area contributed by atoms with Crippen LogP contribution >= 0.6 is 0 Å². The fourth-order valence-corrected chi connectivity index (χ4v) is 6.20. The van der Waals surface area contributed by atoms with Crippen molar-refractivity contribution in [2.45, 2.75) is 149 Å². The lowest BCUT2D eigenvalue weighted by Gasteiger charge is -2.28. The van der Waals surface area contributed by atoms with Crippen LogP contribution in [0, 0.1) is 11.8 Å². The van der Waals surface area contributed by atoms with Gasteiger partial charge in [0.15, 0.2) is 5.82 Å². The van der Waals surface area contributed by atoms with Crippen molar-refractivity contribution in [3.8, 4) is 17.1 Å². The fourth-order valence-electron chi connectivity index (χ4n) is 6.20. The first kappa shape index (κ1) is 31.6. The van der Waals surface area contributed by atoms with E-state index >= 15 is 0 Å². The average molecular weight is 535 g/mol. The maximum atomic E-state index is 6.07. The summed E-state index contributed by atoms with van der Waals surface area (Å²) < 4.78 is 6.07. The van der Waals surface area contributed by atoms with Gasteiger partial charge in [0.25, 0.3) is 0 Å². The predicted molar refractivity (Wildman–Crippen MR) is 167 cm³/mol. The molecule has 3 heteroatoms. The van der Waals surface area contributed by atoms with Crippen molar-refractivity contribution in [2.75, 3.05) is 6.61 Å². The molecule has 1 aromatic carbocycles. The van der Waals surface area contributed by atoms with Crippen LogP contribution in [0.3, 0.4) is 0 Å². The highest BCUT2D eigenvalue weighted by Crippen LogP contribution is 2.34. The minimum atomic E-state index is 0.802. The molecule has 218 valence electrons. The summed E-state index contributed by atoms with van der Waals surface area (Å²) in [7, 11) is 0. The molecule has 0 spiro atoms. The number of benzene rings is 1. The van der Waals surface area contributed by atoms with Crippen LogP contribution in [0.1, 0.15) is 148 Å². The Balaban J connectivity index is 1.23. The Bertz CT molecular complexity index is 839. The van der Waals surface area contributed by atoms with Crippen molar-refractivity contribution in [3.05, 3.63) is 42.2 Å². The molecule has 2 aromatic rings. The van der Waals surface area contributed by atoms with Crippen LogP contribution in [0.2, 0.25) is 0 Å². The zero-order chi connectivity index (χ0) is 27.4. The van der Waals surface area contributed by atoms with Crippen molar-refractivity contribution in [1.82, 2.24) is 9.97 Å². The van der Waals surface area contributed by atoms with Crippen LogP contribution in [0.5, 0.6) is 5.75 Å². The lowest BCUT2D eigenvalue weighted by Crippen LogP contribution is -2.15. The molecule has 3 nitrogen and oxygen atoms in total. The lowest BCUT2D eigenvalue weighted by molar-refractivity contribution is 0.228. The number of aromatic nitrogens is 2. The van der Waals surface area contributed by atoms with E-state index in [1.54, 1.807) is 0 Å². The highest BCUT2D eigenvalue weighted by molar-refractivity contribution is 5.55. The van der Waals surface area contributed by atoms with Crippen molar-refractivity contribution >= 4 is 0 Å². The van der Waals surface area contributed by atoms with Gasteiger partial charge < -0.3 is 4.74 Å². The average Bonchev–Trinajstić information content (AvgIpc) is 2.98. The van der Waals surface area contributed by atoms with E-state index in [0.29, 0.717) is 0 Å². The SMILES string of the molecule is CCCCCCCCCC1CCC(CCCOc2ccc(-c3ncc(CCCCCCCC)cn3)cc2)CC1. The van der Waals surface area contributed by atoms with E-state index in [1.807, 2.05) is 12.4 Å². The summed E-state index contributed by atoms with van der Waals surface area (Å²) in [6.45, 7) is 5.39. The van der Waals surface area contributed by atoms with Crippen LogP contribution in [0.4, 0.5) is 0 Å². The summed E-state index contributed by atoms with van der Waals surface area (Å²) in [5.41, 5.74) is 2.30.